The summed E-state index contributed by atoms with van der Waals surface area (Å²) in [6.45, 7) is 0.665. The standard InChI is InChI=1S/C76H65N5O16/c1-38-71(88)57(34-62(96-38)97-59-36-76(93,60(86)37-82)35-48-68(59)75(92)70-69(73(48)90)72(89)47-18-9-19-58(94-2)67(47)74(70)91)81-61(87)20-3-4-29-95-46-17-8-13-42(33-46)66-55-27-25-53(79-55)64(40-11-6-15-44(84)31-40)51-23-21-49(77-51)63(39-10-5-14-43(83)30-39)50-22-24-52(78-50)65(54-26-28-56(66)80-54)41-12-7-16-45(85)32-41/h5-19,21-28,30-33,38,57,59,62,71,77,80,82-85,88,90,92-93H,3-4,20,29,34-37H2,1-2H3,(H,81,87)/t38-,57+,59-,62-,71+,76-/m0/s1. The van der Waals surface area contributed by atoms with Crippen LogP contribution in [0.1, 0.15) is 111 Å². The van der Waals surface area contributed by atoms with Gasteiger partial charge in [-0.05, 0) is 145 Å². The van der Waals surface area contributed by atoms with Crippen LogP contribution in [0.3, 0.4) is 0 Å². The summed E-state index contributed by atoms with van der Waals surface area (Å²) in [5.41, 5.74) is 6.71. The molecule has 3 aromatic heterocycles. The van der Waals surface area contributed by atoms with E-state index >= 15 is 0 Å². The molecule has 3 aliphatic heterocycles. The maximum atomic E-state index is 14.2. The summed E-state index contributed by atoms with van der Waals surface area (Å²) in [7, 11) is 1.31. The lowest BCUT2D eigenvalue weighted by molar-refractivity contribution is -0.249. The molecule has 1 amide bonds. The zero-order chi connectivity index (χ0) is 67.6. The molecule has 21 nitrogen and oxygen atoms in total. The van der Waals surface area contributed by atoms with Crippen LogP contribution in [0.2, 0.25) is 0 Å². The van der Waals surface area contributed by atoms with Gasteiger partial charge in [-0.2, -0.15) is 0 Å². The number of unbranched alkanes of at least 4 members (excludes halogenated alkanes) is 1. The highest BCUT2D eigenvalue weighted by atomic mass is 16.7. The molecule has 6 atom stereocenters. The largest absolute Gasteiger partial charge is 0.508 e. The van der Waals surface area contributed by atoms with Gasteiger partial charge in [-0.1, -0.05) is 60.7 Å². The van der Waals surface area contributed by atoms with Gasteiger partial charge in [-0.25, -0.2) is 9.97 Å². The zero-order valence-corrected chi connectivity index (χ0v) is 52.4. The number of aromatic nitrogens is 4. The first kappa shape index (κ1) is 63.2. The third-order valence-corrected chi connectivity index (χ3v) is 18.5. The number of carbonyl (C=O) groups is 4. The Morgan fingerprint density at radius 2 is 1.13 bits per heavy atom. The second kappa shape index (κ2) is 25.5. The monoisotopic (exact) mass is 1300 g/mol. The summed E-state index contributed by atoms with van der Waals surface area (Å²) in [4.78, 5) is 73.1. The second-order valence-electron chi connectivity index (χ2n) is 24.7. The molecule has 97 heavy (non-hydrogen) atoms. The highest BCUT2D eigenvalue weighted by molar-refractivity contribution is 6.31. The van der Waals surface area contributed by atoms with E-state index in [2.05, 4.69) is 15.3 Å². The van der Waals surface area contributed by atoms with Crippen LogP contribution in [0.5, 0.6) is 40.2 Å². The van der Waals surface area contributed by atoms with Crippen LogP contribution in [0, 0.1) is 0 Å². The van der Waals surface area contributed by atoms with Gasteiger partial charge in [0.25, 0.3) is 0 Å². The minimum Gasteiger partial charge on any atom is -0.508 e. The number of benzene rings is 6. The number of H-pyrrole nitrogens is 2. The predicted molar refractivity (Wildman–Crippen MR) is 361 cm³/mol. The van der Waals surface area contributed by atoms with Crippen LogP contribution in [0.15, 0.2) is 140 Å². The summed E-state index contributed by atoms with van der Waals surface area (Å²) in [6.07, 6.45) is 2.15. The first-order valence-corrected chi connectivity index (χ1v) is 31.7. The van der Waals surface area contributed by atoms with E-state index in [1.54, 1.807) is 61.5 Å². The number of aromatic amines is 2. The van der Waals surface area contributed by atoms with Crippen molar-refractivity contribution in [2.24, 2.45) is 0 Å². The Morgan fingerprint density at radius 3 is 1.65 bits per heavy atom. The minimum absolute atomic E-state index is 0.0300. The molecule has 0 unspecified atom stereocenters. The van der Waals surface area contributed by atoms with E-state index in [9.17, 15) is 60.0 Å². The molecule has 5 aliphatic rings. The smallest absolute Gasteiger partial charge is 0.220 e. The molecule has 0 saturated carbocycles. The van der Waals surface area contributed by atoms with Crippen molar-refractivity contribution < 1.29 is 79.0 Å². The van der Waals surface area contributed by atoms with Crippen molar-refractivity contribution in [3.8, 4) is 84.8 Å². The van der Waals surface area contributed by atoms with Crippen molar-refractivity contribution in [3.05, 3.63) is 196 Å². The zero-order valence-electron chi connectivity index (χ0n) is 52.4. The van der Waals surface area contributed by atoms with Crippen molar-refractivity contribution in [3.63, 3.8) is 0 Å². The van der Waals surface area contributed by atoms with E-state index in [-0.39, 0.29) is 64.7 Å². The number of aliphatic hydroxyl groups is 3. The number of nitrogens with one attached hydrogen (secondary N) is 3. The Morgan fingerprint density at radius 1 is 0.629 bits per heavy atom. The number of ether oxygens (including phenoxy) is 4. The first-order valence-electron chi connectivity index (χ1n) is 31.7. The number of carbonyl (C=O) groups excluding carboxylic acids is 4. The van der Waals surface area contributed by atoms with Gasteiger partial charge in [0.15, 0.2) is 17.9 Å². The third kappa shape index (κ3) is 11.7. The Labute approximate surface area is 553 Å². The molecule has 8 bridgehead atoms. The number of rotatable bonds is 16. The molecule has 0 spiro atoms. The number of amides is 1. The van der Waals surface area contributed by atoms with Crippen LogP contribution in [0.25, 0.3) is 90.9 Å². The molecule has 6 heterocycles. The number of Topliss-reactive ketones (excluding diaryl/α,β-unsaturated/α-hetero) is 1. The van der Waals surface area contributed by atoms with Crippen molar-refractivity contribution in [1.29, 1.82) is 0 Å². The number of phenolic OH excluding ortho intramolecular Hbond substituents is 5. The number of aromatic hydroxyl groups is 5. The molecule has 9 aromatic rings. The van der Waals surface area contributed by atoms with Crippen LogP contribution in [-0.4, -0.2) is 135 Å². The molecular weight excluding hydrogens is 1240 g/mol. The second-order valence-corrected chi connectivity index (χ2v) is 24.7. The number of nitrogens with zero attached hydrogens (tertiary/aromatic N) is 2. The molecule has 490 valence electrons. The fourth-order valence-electron chi connectivity index (χ4n) is 13.9. The molecule has 21 heteroatoms. The van der Waals surface area contributed by atoms with Gasteiger partial charge >= 0.3 is 0 Å². The first-order chi connectivity index (χ1) is 46.9. The van der Waals surface area contributed by atoms with E-state index in [0.29, 0.717) is 96.8 Å². The summed E-state index contributed by atoms with van der Waals surface area (Å²) in [5.74, 6) is -3.82. The lowest BCUT2D eigenvalue weighted by Gasteiger charge is -2.43. The summed E-state index contributed by atoms with van der Waals surface area (Å²) in [6, 6.07) is 39.7. The Balaban J connectivity index is 0.724. The van der Waals surface area contributed by atoms with Gasteiger partial charge in [0.05, 0.1) is 71.4 Å². The van der Waals surface area contributed by atoms with Gasteiger partial charge in [-0.3, -0.25) is 19.2 Å². The number of hydrogen-bond acceptors (Lipinski definition) is 18. The highest BCUT2D eigenvalue weighted by Gasteiger charge is 2.50. The quantitative estimate of drug-likeness (QED) is 0.0316. The lowest BCUT2D eigenvalue weighted by Crippen LogP contribution is -2.55. The van der Waals surface area contributed by atoms with Gasteiger partial charge in [0, 0.05) is 86.7 Å². The maximum Gasteiger partial charge on any atom is 0.220 e. The van der Waals surface area contributed by atoms with E-state index in [1.165, 1.54) is 25.3 Å². The number of phenols is 5. The third-order valence-electron chi connectivity index (χ3n) is 18.5. The van der Waals surface area contributed by atoms with E-state index in [4.69, 9.17) is 28.9 Å². The van der Waals surface area contributed by atoms with Crippen LogP contribution in [-0.2, 0) is 25.5 Å². The number of ketones is 3. The van der Waals surface area contributed by atoms with Gasteiger partial charge in [0.1, 0.15) is 58.6 Å². The number of hydrogen-bond donors (Lipinski definition) is 11. The Bertz CT molecular complexity index is 4950. The molecule has 1 saturated heterocycles. The average molecular weight is 1300 g/mol. The van der Waals surface area contributed by atoms with Crippen LogP contribution < -0.4 is 14.8 Å². The van der Waals surface area contributed by atoms with E-state index in [0.717, 1.165) is 11.1 Å². The summed E-state index contributed by atoms with van der Waals surface area (Å²) in [5, 5.41) is 92.4. The Kier molecular flexibility index (Phi) is 16.6. The molecule has 0 radical (unpaired) electrons. The van der Waals surface area contributed by atoms with Gasteiger partial charge in [0.2, 0.25) is 11.7 Å². The fraction of sp³-hybridized carbons (Fsp3) is 0.211. The molecule has 14 rings (SSSR count). The predicted octanol–water partition coefficient (Wildman–Crippen LogP) is 11.2. The number of methoxy groups -OCH3 is 1. The normalized spacial score (nSPS) is 19.2. The summed E-state index contributed by atoms with van der Waals surface area (Å²) >= 11 is 0. The van der Waals surface area contributed by atoms with Crippen LogP contribution in [0.4, 0.5) is 0 Å². The number of fused-ring (bicyclic) bond motifs is 11. The molecule has 1 fully saturated rings. The topological polar surface area (TPSA) is 336 Å². The fourth-order valence-corrected chi connectivity index (χ4v) is 13.9. The SMILES string of the molecule is COc1cccc2c1C(=O)c1c(O)c3c(c(O)c1C2=O)C[C@@](O)(C(=O)CO)C[C@@H]3O[C@H]1C[C@@H](NC(=O)CCCCOc2cccc(-c3c4nc(c(-c5cccc(O)c5)c5ccc([nH]5)c(-c5cccc(O)c5)c5nc(c(-c6cccc(O)c6)c6ccc3[nH]6)C=C5)C=C4)c2)[C@H](O)[C@H](C)O1. The minimum atomic E-state index is -2.39. The Hall–Kier alpha value is -11.2. The summed E-state index contributed by atoms with van der Waals surface area (Å²) < 4.78 is 24.2. The van der Waals surface area contributed by atoms with Crippen molar-refractivity contribution in [2.75, 3.05) is 20.3 Å². The van der Waals surface area contributed by atoms with Gasteiger partial charge in [-0.15, -0.1) is 0 Å². The van der Waals surface area contributed by atoms with E-state index in [1.807, 2.05) is 91.0 Å². The lowest BCUT2D eigenvalue weighted by atomic mass is 9.72. The highest BCUT2D eigenvalue weighted by Crippen LogP contribution is 2.53. The maximum absolute atomic E-state index is 14.2. The van der Waals surface area contributed by atoms with E-state index < -0.39 is 102 Å². The molecule has 11 N–H and O–H groups in total. The molecule has 2 aliphatic carbocycles. The van der Waals surface area contributed by atoms with Crippen molar-refractivity contribution in [2.45, 2.75) is 81.7 Å². The number of aliphatic hydroxyl groups excluding tert-OH is 2. The van der Waals surface area contributed by atoms with Gasteiger partial charge < -0.3 is 75.1 Å². The molecule has 6 aromatic carbocycles. The van der Waals surface area contributed by atoms with Crippen molar-refractivity contribution in [1.82, 2.24) is 25.3 Å². The van der Waals surface area contributed by atoms with Crippen LogP contribution >= 0.6 is 0 Å². The molecular formula is C76H65N5O16. The van der Waals surface area contributed by atoms with Crippen molar-refractivity contribution >= 4 is 69.6 Å². The average Bonchev–Trinajstić information content (AvgIpc) is 1.48.